The Kier molecular flexibility index (Phi) is 5.40. The maximum atomic E-state index is 11.8. The molecule has 1 unspecified atom stereocenters. The fourth-order valence-electron chi connectivity index (χ4n) is 1.12. The van der Waals surface area contributed by atoms with Crippen molar-refractivity contribution in [1.29, 1.82) is 5.26 Å². The highest BCUT2D eigenvalue weighted by Gasteiger charge is 2.14. The molecule has 0 spiro atoms. The van der Waals surface area contributed by atoms with Gasteiger partial charge in [-0.3, -0.25) is 4.21 Å². The van der Waals surface area contributed by atoms with Crippen LogP contribution in [0.2, 0.25) is 0 Å². The van der Waals surface area contributed by atoms with Gasteiger partial charge in [-0.2, -0.15) is 5.26 Å². The van der Waals surface area contributed by atoms with Gasteiger partial charge >= 0.3 is 0 Å². The Morgan fingerprint density at radius 3 is 2.72 bits per heavy atom. The Labute approximate surface area is 109 Å². The Morgan fingerprint density at radius 1 is 1.50 bits per heavy atom. The van der Waals surface area contributed by atoms with Crippen LogP contribution < -0.4 is 4.72 Å². The number of rotatable bonds is 6. The average molecular weight is 287 g/mol. The zero-order valence-corrected chi connectivity index (χ0v) is 11.4. The van der Waals surface area contributed by atoms with Gasteiger partial charge in [-0.25, -0.2) is 18.1 Å². The van der Waals surface area contributed by atoms with Gasteiger partial charge in [0, 0.05) is 35.0 Å². The molecular formula is C10H13N3O3S2. The number of hydrogen-bond donors (Lipinski definition) is 1. The van der Waals surface area contributed by atoms with E-state index in [-0.39, 0.29) is 22.9 Å². The molecule has 1 rings (SSSR count). The largest absolute Gasteiger partial charge is 0.260 e. The molecule has 1 aromatic rings. The van der Waals surface area contributed by atoms with Crippen molar-refractivity contribution in [3.8, 4) is 6.07 Å². The van der Waals surface area contributed by atoms with Gasteiger partial charge in [-0.1, -0.05) is 6.92 Å². The van der Waals surface area contributed by atoms with Gasteiger partial charge in [0.15, 0.2) is 0 Å². The summed E-state index contributed by atoms with van der Waals surface area (Å²) in [6.45, 7) is 1.89. The normalized spacial score (nSPS) is 12.9. The summed E-state index contributed by atoms with van der Waals surface area (Å²) in [5.41, 5.74) is 0.154. The van der Waals surface area contributed by atoms with E-state index < -0.39 is 20.8 Å². The molecule has 1 heterocycles. The van der Waals surface area contributed by atoms with Crippen LogP contribution in [-0.4, -0.2) is 35.7 Å². The van der Waals surface area contributed by atoms with Gasteiger partial charge < -0.3 is 0 Å². The second-order valence-corrected chi connectivity index (χ2v) is 6.95. The van der Waals surface area contributed by atoms with Gasteiger partial charge in [0.1, 0.15) is 16.7 Å². The molecule has 0 amide bonds. The van der Waals surface area contributed by atoms with Crippen molar-refractivity contribution in [2.45, 2.75) is 11.8 Å². The van der Waals surface area contributed by atoms with Gasteiger partial charge in [-0.15, -0.1) is 0 Å². The van der Waals surface area contributed by atoms with Crippen molar-refractivity contribution in [3.05, 3.63) is 24.0 Å². The Morgan fingerprint density at radius 2 is 2.22 bits per heavy atom. The van der Waals surface area contributed by atoms with Crippen molar-refractivity contribution in [1.82, 2.24) is 9.71 Å². The van der Waals surface area contributed by atoms with E-state index in [1.807, 2.05) is 0 Å². The molecule has 0 saturated carbocycles. The zero-order chi connectivity index (χ0) is 13.6. The van der Waals surface area contributed by atoms with E-state index in [9.17, 15) is 12.6 Å². The van der Waals surface area contributed by atoms with E-state index in [0.29, 0.717) is 5.75 Å². The molecule has 0 saturated heterocycles. The number of nitrogens with zero attached hydrogens (tertiary/aromatic N) is 2. The van der Waals surface area contributed by atoms with E-state index in [0.717, 1.165) is 6.20 Å². The predicted molar refractivity (Wildman–Crippen MR) is 67.7 cm³/mol. The Balaban J connectivity index is 2.68. The summed E-state index contributed by atoms with van der Waals surface area (Å²) in [7, 11) is -4.65. The van der Waals surface area contributed by atoms with Crippen molar-refractivity contribution in [2.24, 2.45) is 0 Å². The van der Waals surface area contributed by atoms with Crippen LogP contribution in [0.25, 0.3) is 0 Å². The number of pyridine rings is 1. The molecule has 1 aromatic heterocycles. The summed E-state index contributed by atoms with van der Waals surface area (Å²) in [6, 6.07) is 4.45. The minimum atomic E-state index is -3.65. The summed E-state index contributed by atoms with van der Waals surface area (Å²) in [4.78, 5) is 3.67. The summed E-state index contributed by atoms with van der Waals surface area (Å²) < 4.78 is 37.0. The summed E-state index contributed by atoms with van der Waals surface area (Å²) in [5.74, 6) is 0.777. The van der Waals surface area contributed by atoms with Crippen LogP contribution in [0.4, 0.5) is 0 Å². The minimum absolute atomic E-state index is 0.0104. The first-order chi connectivity index (χ1) is 8.49. The van der Waals surface area contributed by atoms with Crippen LogP contribution in [0.5, 0.6) is 0 Å². The van der Waals surface area contributed by atoms with E-state index in [1.165, 1.54) is 12.1 Å². The van der Waals surface area contributed by atoms with E-state index in [4.69, 9.17) is 5.26 Å². The molecule has 0 aromatic carbocycles. The molecule has 0 aliphatic heterocycles. The number of aromatic nitrogens is 1. The lowest BCUT2D eigenvalue weighted by Gasteiger charge is -2.05. The van der Waals surface area contributed by atoms with E-state index in [1.54, 1.807) is 13.0 Å². The van der Waals surface area contributed by atoms with Gasteiger partial charge in [0.05, 0.1) is 0 Å². The number of nitriles is 1. The first-order valence-corrected chi connectivity index (χ1v) is 8.17. The van der Waals surface area contributed by atoms with Gasteiger partial charge in [0.2, 0.25) is 10.0 Å². The lowest BCUT2D eigenvalue weighted by Crippen LogP contribution is -2.28. The van der Waals surface area contributed by atoms with E-state index in [2.05, 4.69) is 9.71 Å². The third-order valence-electron chi connectivity index (χ3n) is 2.10. The standard InChI is InChI=1S/C10H13N3O3S2/c1-2-17(14)6-5-13-18(15,16)10-4-3-9(7-11)12-8-10/h3-4,8,13H,2,5-6H2,1H3. The summed E-state index contributed by atoms with van der Waals surface area (Å²) in [6.07, 6.45) is 1.12. The highest BCUT2D eigenvalue weighted by molar-refractivity contribution is 7.89. The van der Waals surface area contributed by atoms with Crippen LogP contribution in [0.3, 0.4) is 0 Å². The second kappa shape index (κ2) is 6.58. The smallest absolute Gasteiger partial charge is 0.242 e. The highest BCUT2D eigenvalue weighted by Crippen LogP contribution is 2.06. The molecule has 0 aliphatic carbocycles. The predicted octanol–water partition coefficient (Wildman–Crippen LogP) is 0.000180. The third kappa shape index (κ3) is 4.18. The van der Waals surface area contributed by atoms with Crippen molar-refractivity contribution in [2.75, 3.05) is 18.1 Å². The molecule has 0 fully saturated rings. The molecule has 18 heavy (non-hydrogen) atoms. The molecule has 6 nitrogen and oxygen atoms in total. The van der Waals surface area contributed by atoms with Crippen LogP contribution >= 0.6 is 0 Å². The first-order valence-electron chi connectivity index (χ1n) is 5.20. The quantitative estimate of drug-likeness (QED) is 0.794. The number of sulfonamides is 1. The first kappa shape index (κ1) is 14.8. The second-order valence-electron chi connectivity index (χ2n) is 3.32. The fourth-order valence-corrected chi connectivity index (χ4v) is 2.85. The van der Waals surface area contributed by atoms with Crippen molar-refractivity contribution in [3.63, 3.8) is 0 Å². The average Bonchev–Trinajstić information content (AvgIpc) is 2.38. The zero-order valence-electron chi connectivity index (χ0n) is 9.79. The molecule has 98 valence electrons. The lowest BCUT2D eigenvalue weighted by atomic mass is 10.4. The topological polar surface area (TPSA) is 99.9 Å². The Bertz CT molecular complexity index is 561. The molecule has 0 radical (unpaired) electrons. The summed E-state index contributed by atoms with van der Waals surface area (Å²) in [5, 5.41) is 8.55. The van der Waals surface area contributed by atoms with Crippen LogP contribution in [0.15, 0.2) is 23.2 Å². The lowest BCUT2D eigenvalue weighted by molar-refractivity contribution is 0.583. The van der Waals surface area contributed by atoms with Crippen LogP contribution in [0, 0.1) is 11.3 Å². The highest BCUT2D eigenvalue weighted by atomic mass is 32.2. The third-order valence-corrected chi connectivity index (χ3v) is 4.85. The maximum absolute atomic E-state index is 11.8. The van der Waals surface area contributed by atoms with Crippen molar-refractivity contribution < 1.29 is 12.6 Å². The van der Waals surface area contributed by atoms with Gasteiger partial charge in [0.25, 0.3) is 0 Å². The monoisotopic (exact) mass is 287 g/mol. The van der Waals surface area contributed by atoms with Crippen molar-refractivity contribution >= 4 is 20.8 Å². The molecular weight excluding hydrogens is 274 g/mol. The van der Waals surface area contributed by atoms with Crippen LogP contribution in [-0.2, 0) is 20.8 Å². The molecule has 0 aliphatic rings. The number of nitrogens with one attached hydrogen (secondary N) is 1. The summed E-state index contributed by atoms with van der Waals surface area (Å²) >= 11 is 0. The fraction of sp³-hybridized carbons (Fsp3) is 0.400. The number of hydrogen-bond acceptors (Lipinski definition) is 5. The van der Waals surface area contributed by atoms with E-state index >= 15 is 0 Å². The SMILES string of the molecule is CCS(=O)CCNS(=O)(=O)c1ccc(C#N)nc1. The van der Waals surface area contributed by atoms with Crippen LogP contribution in [0.1, 0.15) is 12.6 Å². The molecule has 0 bridgehead atoms. The van der Waals surface area contributed by atoms with Gasteiger partial charge in [-0.05, 0) is 12.1 Å². The maximum Gasteiger partial charge on any atom is 0.242 e. The Hall–Kier alpha value is -1.30. The molecule has 8 heteroatoms. The molecule has 1 N–H and O–H groups in total. The molecule has 1 atom stereocenters. The minimum Gasteiger partial charge on any atom is -0.260 e.